The van der Waals surface area contributed by atoms with Gasteiger partial charge in [-0.05, 0) is 74.0 Å². The van der Waals surface area contributed by atoms with Gasteiger partial charge in [0.1, 0.15) is 0 Å². The fourth-order valence-corrected chi connectivity index (χ4v) is 4.91. The molecular weight excluding hydrogens is 168 g/mol. The van der Waals surface area contributed by atoms with E-state index in [-0.39, 0.29) is 0 Å². The van der Waals surface area contributed by atoms with Gasteiger partial charge in [-0.15, -0.1) is 0 Å². The van der Waals surface area contributed by atoms with Crippen LogP contribution in [0.15, 0.2) is 0 Å². The third-order valence-corrected chi connectivity index (χ3v) is 5.62. The zero-order valence-electron chi connectivity index (χ0n) is 9.63. The lowest BCUT2D eigenvalue weighted by molar-refractivity contribution is 0.215. The molecular formula is C14H23. The number of rotatable bonds is 2. The Bertz CT molecular complexity index is 220. The second-order valence-corrected chi connectivity index (χ2v) is 5.96. The van der Waals surface area contributed by atoms with Crippen LogP contribution in [0.5, 0.6) is 0 Å². The standard InChI is InChI=1S/C14H23/c1-3-9(2)12-6-7-13-10-4-5-11(8-10)14(12)13/h10-14H,3-8H2,1-2H3. The Morgan fingerprint density at radius 1 is 1.07 bits per heavy atom. The summed E-state index contributed by atoms with van der Waals surface area (Å²) in [6.45, 7) is 4.76. The van der Waals surface area contributed by atoms with Crippen molar-refractivity contribution >= 4 is 0 Å². The van der Waals surface area contributed by atoms with E-state index in [2.05, 4.69) is 13.8 Å². The first-order valence-electron chi connectivity index (χ1n) is 6.63. The van der Waals surface area contributed by atoms with E-state index in [4.69, 9.17) is 0 Å². The molecule has 1 radical (unpaired) electrons. The molecule has 0 aliphatic heterocycles. The third-order valence-electron chi connectivity index (χ3n) is 5.62. The van der Waals surface area contributed by atoms with Crippen molar-refractivity contribution in [2.45, 2.75) is 52.4 Å². The van der Waals surface area contributed by atoms with Gasteiger partial charge >= 0.3 is 0 Å². The minimum atomic E-state index is 1.03. The van der Waals surface area contributed by atoms with E-state index in [1.807, 2.05) is 5.92 Å². The minimum Gasteiger partial charge on any atom is -0.0648 e. The van der Waals surface area contributed by atoms with E-state index in [0.717, 1.165) is 29.6 Å². The van der Waals surface area contributed by atoms with Crippen LogP contribution < -0.4 is 0 Å². The molecule has 0 aromatic carbocycles. The SMILES string of the molecule is CC[C](C)C1CCC2C3CCC(C3)C12. The summed E-state index contributed by atoms with van der Waals surface area (Å²) in [5.74, 6) is 7.41. The lowest BCUT2D eigenvalue weighted by atomic mass is 9.73. The van der Waals surface area contributed by atoms with Gasteiger partial charge in [0.15, 0.2) is 0 Å². The minimum absolute atomic E-state index is 1.03. The topological polar surface area (TPSA) is 0 Å². The van der Waals surface area contributed by atoms with E-state index in [1.54, 1.807) is 25.7 Å². The highest BCUT2D eigenvalue weighted by Gasteiger charge is 2.53. The summed E-state index contributed by atoms with van der Waals surface area (Å²) in [7, 11) is 0. The summed E-state index contributed by atoms with van der Waals surface area (Å²) >= 11 is 0. The van der Waals surface area contributed by atoms with Crippen LogP contribution in [0.3, 0.4) is 0 Å². The lowest BCUT2D eigenvalue weighted by Crippen LogP contribution is -2.24. The van der Waals surface area contributed by atoms with E-state index in [9.17, 15) is 0 Å². The van der Waals surface area contributed by atoms with Gasteiger partial charge < -0.3 is 0 Å². The van der Waals surface area contributed by atoms with Crippen molar-refractivity contribution in [3.63, 3.8) is 0 Å². The maximum absolute atomic E-state index is 2.42. The van der Waals surface area contributed by atoms with Crippen LogP contribution >= 0.6 is 0 Å². The molecule has 0 saturated heterocycles. The molecule has 0 aromatic rings. The summed E-state index contributed by atoms with van der Waals surface area (Å²) in [5, 5.41) is 0. The molecule has 0 heteroatoms. The molecule has 5 unspecified atom stereocenters. The van der Waals surface area contributed by atoms with Crippen molar-refractivity contribution in [2.24, 2.45) is 29.6 Å². The number of fused-ring (bicyclic) bond motifs is 5. The van der Waals surface area contributed by atoms with Crippen molar-refractivity contribution in [1.29, 1.82) is 0 Å². The number of hydrogen-bond donors (Lipinski definition) is 0. The van der Waals surface area contributed by atoms with Crippen LogP contribution in [0, 0.1) is 35.5 Å². The lowest BCUT2D eigenvalue weighted by Gasteiger charge is -2.31. The summed E-state index contributed by atoms with van der Waals surface area (Å²) in [5.41, 5.74) is 0. The maximum Gasteiger partial charge on any atom is -0.0241 e. The van der Waals surface area contributed by atoms with E-state index in [0.29, 0.717) is 0 Å². The predicted molar refractivity (Wildman–Crippen MR) is 59.7 cm³/mol. The zero-order chi connectivity index (χ0) is 9.71. The molecule has 0 spiro atoms. The Morgan fingerprint density at radius 3 is 2.64 bits per heavy atom. The Morgan fingerprint density at radius 2 is 1.86 bits per heavy atom. The van der Waals surface area contributed by atoms with E-state index in [1.165, 1.54) is 12.8 Å². The molecule has 3 aliphatic rings. The molecule has 0 amide bonds. The summed E-state index contributed by atoms with van der Waals surface area (Å²) < 4.78 is 0. The average Bonchev–Trinajstić information content (AvgIpc) is 2.87. The van der Waals surface area contributed by atoms with Crippen LogP contribution in [0.1, 0.15) is 52.4 Å². The first-order valence-corrected chi connectivity index (χ1v) is 6.63. The molecule has 3 rings (SSSR count). The molecule has 3 fully saturated rings. The molecule has 3 aliphatic carbocycles. The Labute approximate surface area is 88.5 Å². The smallest absolute Gasteiger partial charge is 0.0241 e. The zero-order valence-corrected chi connectivity index (χ0v) is 9.63. The predicted octanol–water partition coefficient (Wildman–Crippen LogP) is 4.06. The van der Waals surface area contributed by atoms with Crippen molar-refractivity contribution < 1.29 is 0 Å². The first-order chi connectivity index (χ1) is 6.81. The maximum atomic E-state index is 2.42. The van der Waals surface area contributed by atoms with Gasteiger partial charge in [-0.1, -0.05) is 13.8 Å². The second kappa shape index (κ2) is 3.25. The fourth-order valence-electron chi connectivity index (χ4n) is 4.91. The molecule has 14 heavy (non-hydrogen) atoms. The quantitative estimate of drug-likeness (QED) is 0.617. The first kappa shape index (κ1) is 9.24. The van der Waals surface area contributed by atoms with Crippen LogP contribution in [0.4, 0.5) is 0 Å². The Hall–Kier alpha value is 0. The van der Waals surface area contributed by atoms with Crippen molar-refractivity contribution in [1.82, 2.24) is 0 Å². The van der Waals surface area contributed by atoms with E-state index >= 15 is 0 Å². The number of hydrogen-bond acceptors (Lipinski definition) is 0. The summed E-state index contributed by atoms with van der Waals surface area (Å²) in [6.07, 6.45) is 9.16. The molecule has 0 nitrogen and oxygen atoms in total. The average molecular weight is 191 g/mol. The van der Waals surface area contributed by atoms with Gasteiger partial charge in [0, 0.05) is 0 Å². The largest absolute Gasteiger partial charge is 0.0648 e. The monoisotopic (exact) mass is 191 g/mol. The van der Waals surface area contributed by atoms with Crippen molar-refractivity contribution in [2.75, 3.05) is 0 Å². The molecule has 5 atom stereocenters. The van der Waals surface area contributed by atoms with Crippen molar-refractivity contribution in [3.05, 3.63) is 5.92 Å². The second-order valence-electron chi connectivity index (χ2n) is 5.96. The van der Waals surface area contributed by atoms with Gasteiger partial charge in [0.05, 0.1) is 0 Å². The van der Waals surface area contributed by atoms with Gasteiger partial charge in [-0.2, -0.15) is 0 Å². The van der Waals surface area contributed by atoms with Gasteiger partial charge in [0.25, 0.3) is 0 Å². The molecule has 3 saturated carbocycles. The summed E-state index contributed by atoms with van der Waals surface area (Å²) in [4.78, 5) is 0. The van der Waals surface area contributed by atoms with Crippen molar-refractivity contribution in [3.8, 4) is 0 Å². The molecule has 0 heterocycles. The molecule has 0 aromatic heterocycles. The van der Waals surface area contributed by atoms with Gasteiger partial charge in [-0.3, -0.25) is 0 Å². The van der Waals surface area contributed by atoms with E-state index < -0.39 is 0 Å². The van der Waals surface area contributed by atoms with Gasteiger partial charge in [-0.25, -0.2) is 0 Å². The fraction of sp³-hybridized carbons (Fsp3) is 0.929. The van der Waals surface area contributed by atoms with Gasteiger partial charge in [0.2, 0.25) is 0 Å². The van der Waals surface area contributed by atoms with Crippen LogP contribution in [0.2, 0.25) is 0 Å². The molecule has 2 bridgehead atoms. The Balaban J connectivity index is 1.78. The van der Waals surface area contributed by atoms with Crippen LogP contribution in [-0.4, -0.2) is 0 Å². The van der Waals surface area contributed by atoms with Crippen LogP contribution in [0.25, 0.3) is 0 Å². The highest BCUT2D eigenvalue weighted by molar-refractivity contribution is 5.09. The Kier molecular flexibility index (Phi) is 2.15. The highest BCUT2D eigenvalue weighted by Crippen LogP contribution is 2.62. The molecule has 0 N–H and O–H groups in total. The third kappa shape index (κ3) is 1.12. The van der Waals surface area contributed by atoms with Crippen LogP contribution in [-0.2, 0) is 0 Å². The summed E-state index contributed by atoms with van der Waals surface area (Å²) in [6, 6.07) is 0. The normalized spacial score (nSPS) is 50.4. The highest BCUT2D eigenvalue weighted by atomic mass is 14.6. The molecule has 79 valence electrons.